The van der Waals surface area contributed by atoms with Gasteiger partial charge in [0.25, 0.3) is 0 Å². The van der Waals surface area contributed by atoms with Crippen LogP contribution in [-0.2, 0) is 0 Å². The van der Waals surface area contributed by atoms with Crippen LogP contribution < -0.4 is 14.4 Å². The summed E-state index contributed by atoms with van der Waals surface area (Å²) in [4.78, 5) is 5.29. The maximum atomic E-state index is 5.51. The number of hydrogen-bond acceptors (Lipinski definition) is 3. The van der Waals surface area contributed by atoms with Crippen LogP contribution in [-0.4, -0.2) is 26.3 Å². The number of nitrogens with one attached hydrogen (secondary N) is 1. The molecule has 1 aromatic heterocycles. The average molecular weight is 282 g/mol. The minimum atomic E-state index is 0.726. The Kier molecular flexibility index (Phi) is 3.44. The highest BCUT2D eigenvalue weighted by atomic mass is 16.5. The molecule has 1 heterocycles. The van der Waals surface area contributed by atoms with Gasteiger partial charge in [0.05, 0.1) is 19.9 Å². The lowest BCUT2D eigenvalue weighted by molar-refractivity contribution is 0.356. The van der Waals surface area contributed by atoms with E-state index < -0.39 is 0 Å². The lowest BCUT2D eigenvalue weighted by Gasteiger charge is -2.23. The summed E-state index contributed by atoms with van der Waals surface area (Å²) in [6, 6.07) is 14.2. The van der Waals surface area contributed by atoms with E-state index in [1.807, 2.05) is 31.4 Å². The van der Waals surface area contributed by atoms with Crippen molar-refractivity contribution < 1.29 is 9.47 Å². The zero-order valence-corrected chi connectivity index (χ0v) is 12.4. The van der Waals surface area contributed by atoms with Crippen LogP contribution in [0.3, 0.4) is 0 Å². The molecule has 0 radical (unpaired) electrons. The average Bonchev–Trinajstić information content (AvgIpc) is 3.00. The van der Waals surface area contributed by atoms with E-state index in [2.05, 4.69) is 34.1 Å². The fourth-order valence-electron chi connectivity index (χ4n) is 2.52. The minimum Gasteiger partial charge on any atom is -0.493 e. The molecule has 0 saturated carbocycles. The Morgan fingerprint density at radius 1 is 1.00 bits per heavy atom. The van der Waals surface area contributed by atoms with Crippen LogP contribution in [0.5, 0.6) is 11.5 Å². The SMILES string of the molecule is COc1cccc(N(C)c2ccc3[nH]ccc3c2)c1OC. The number of ether oxygens (including phenoxy) is 2. The van der Waals surface area contributed by atoms with E-state index in [0.717, 1.165) is 28.4 Å². The largest absolute Gasteiger partial charge is 0.493 e. The van der Waals surface area contributed by atoms with Gasteiger partial charge in [0.15, 0.2) is 11.5 Å². The van der Waals surface area contributed by atoms with Crippen molar-refractivity contribution in [3.63, 3.8) is 0 Å². The van der Waals surface area contributed by atoms with Gasteiger partial charge in [-0.25, -0.2) is 0 Å². The van der Waals surface area contributed by atoms with Crippen molar-refractivity contribution in [2.24, 2.45) is 0 Å². The number of H-pyrrole nitrogens is 1. The maximum absolute atomic E-state index is 5.51. The van der Waals surface area contributed by atoms with Gasteiger partial charge in [0.2, 0.25) is 0 Å². The van der Waals surface area contributed by atoms with E-state index in [0.29, 0.717) is 0 Å². The van der Waals surface area contributed by atoms with E-state index in [1.165, 1.54) is 5.39 Å². The molecule has 0 aliphatic carbocycles. The molecule has 2 aromatic carbocycles. The fourth-order valence-corrected chi connectivity index (χ4v) is 2.52. The molecule has 4 heteroatoms. The summed E-state index contributed by atoms with van der Waals surface area (Å²) < 4.78 is 10.9. The van der Waals surface area contributed by atoms with Crippen LogP contribution in [0.4, 0.5) is 11.4 Å². The van der Waals surface area contributed by atoms with Crippen molar-refractivity contribution in [1.82, 2.24) is 4.98 Å². The standard InChI is InChI=1S/C17H18N2O2/c1-19(13-7-8-14-12(11-13)9-10-18-14)15-5-4-6-16(20-2)17(15)21-3/h4-11,18H,1-3H3. The number of aromatic amines is 1. The van der Waals surface area contributed by atoms with Gasteiger partial charge in [-0.2, -0.15) is 0 Å². The predicted octanol–water partition coefficient (Wildman–Crippen LogP) is 3.95. The van der Waals surface area contributed by atoms with E-state index >= 15 is 0 Å². The second-order valence-electron chi connectivity index (χ2n) is 4.82. The smallest absolute Gasteiger partial charge is 0.184 e. The number of rotatable bonds is 4. The Morgan fingerprint density at radius 2 is 1.86 bits per heavy atom. The van der Waals surface area contributed by atoms with Gasteiger partial charge in [-0.1, -0.05) is 6.07 Å². The molecule has 108 valence electrons. The highest BCUT2D eigenvalue weighted by molar-refractivity contribution is 5.85. The molecule has 3 rings (SSSR count). The molecule has 4 nitrogen and oxygen atoms in total. The van der Waals surface area contributed by atoms with E-state index in [-0.39, 0.29) is 0 Å². The number of methoxy groups -OCH3 is 2. The van der Waals surface area contributed by atoms with Gasteiger partial charge in [0.1, 0.15) is 0 Å². The van der Waals surface area contributed by atoms with Crippen LogP contribution in [0.15, 0.2) is 48.7 Å². The third kappa shape index (κ3) is 2.29. The maximum Gasteiger partial charge on any atom is 0.184 e. The van der Waals surface area contributed by atoms with Crippen molar-refractivity contribution in [3.8, 4) is 11.5 Å². The lowest BCUT2D eigenvalue weighted by atomic mass is 10.2. The molecule has 0 saturated heterocycles. The topological polar surface area (TPSA) is 37.5 Å². The van der Waals surface area contributed by atoms with Gasteiger partial charge in [-0.05, 0) is 36.4 Å². The summed E-state index contributed by atoms with van der Waals surface area (Å²) in [7, 11) is 5.32. The zero-order valence-electron chi connectivity index (χ0n) is 12.4. The molecule has 1 N–H and O–H groups in total. The number of aromatic nitrogens is 1. The number of benzene rings is 2. The molecule has 21 heavy (non-hydrogen) atoms. The molecule has 0 bridgehead atoms. The Labute approximate surface area is 123 Å². The Bertz CT molecular complexity index is 764. The molecule has 3 aromatic rings. The van der Waals surface area contributed by atoms with Gasteiger partial charge >= 0.3 is 0 Å². The van der Waals surface area contributed by atoms with Gasteiger partial charge in [-0.3, -0.25) is 0 Å². The van der Waals surface area contributed by atoms with Crippen LogP contribution >= 0.6 is 0 Å². The molecule has 0 fully saturated rings. The summed E-state index contributed by atoms with van der Waals surface area (Å²) in [5.74, 6) is 1.46. The minimum absolute atomic E-state index is 0.726. The molecular weight excluding hydrogens is 264 g/mol. The van der Waals surface area contributed by atoms with Crippen LogP contribution in [0.2, 0.25) is 0 Å². The van der Waals surface area contributed by atoms with Crippen LogP contribution in [0.25, 0.3) is 10.9 Å². The highest BCUT2D eigenvalue weighted by Crippen LogP contribution is 2.39. The second-order valence-corrected chi connectivity index (χ2v) is 4.82. The Balaban J connectivity index is 2.06. The first-order valence-electron chi connectivity index (χ1n) is 6.76. The van der Waals surface area contributed by atoms with Crippen molar-refractivity contribution in [2.75, 3.05) is 26.2 Å². The zero-order chi connectivity index (χ0) is 14.8. The summed E-state index contributed by atoms with van der Waals surface area (Å²) in [5, 5.41) is 1.18. The number of para-hydroxylation sites is 1. The third-order valence-electron chi connectivity index (χ3n) is 3.67. The van der Waals surface area contributed by atoms with Crippen molar-refractivity contribution in [2.45, 2.75) is 0 Å². The van der Waals surface area contributed by atoms with Crippen molar-refractivity contribution in [3.05, 3.63) is 48.7 Å². The highest BCUT2D eigenvalue weighted by Gasteiger charge is 2.14. The van der Waals surface area contributed by atoms with E-state index in [1.54, 1.807) is 14.2 Å². The molecule has 0 amide bonds. The normalized spacial score (nSPS) is 10.6. The first-order chi connectivity index (χ1) is 10.2. The van der Waals surface area contributed by atoms with Crippen LogP contribution in [0, 0.1) is 0 Å². The monoisotopic (exact) mass is 282 g/mol. The third-order valence-corrected chi connectivity index (χ3v) is 3.67. The molecule has 0 aliphatic rings. The van der Waals surface area contributed by atoms with E-state index in [4.69, 9.17) is 9.47 Å². The summed E-state index contributed by atoms with van der Waals surface area (Å²) in [6.07, 6.45) is 1.95. The first kappa shape index (κ1) is 13.4. The summed E-state index contributed by atoms with van der Waals surface area (Å²) in [6.45, 7) is 0. The van der Waals surface area contributed by atoms with E-state index in [9.17, 15) is 0 Å². The molecule has 0 aliphatic heterocycles. The number of nitrogens with zero attached hydrogens (tertiary/aromatic N) is 1. The number of fused-ring (bicyclic) bond motifs is 1. The number of hydrogen-bond donors (Lipinski definition) is 1. The predicted molar refractivity (Wildman–Crippen MR) is 85.9 cm³/mol. The molecule has 0 spiro atoms. The van der Waals surface area contributed by atoms with Gasteiger partial charge < -0.3 is 19.4 Å². The fraction of sp³-hybridized carbons (Fsp3) is 0.176. The number of anilines is 2. The van der Waals surface area contributed by atoms with Crippen molar-refractivity contribution in [1.29, 1.82) is 0 Å². The van der Waals surface area contributed by atoms with Crippen molar-refractivity contribution >= 4 is 22.3 Å². The molecule has 0 atom stereocenters. The Hall–Kier alpha value is -2.62. The molecular formula is C17H18N2O2. The second kappa shape index (κ2) is 5.40. The Morgan fingerprint density at radius 3 is 2.62 bits per heavy atom. The molecule has 0 unspecified atom stereocenters. The first-order valence-corrected chi connectivity index (χ1v) is 6.76. The van der Waals surface area contributed by atoms with Crippen LogP contribution in [0.1, 0.15) is 0 Å². The summed E-state index contributed by atoms with van der Waals surface area (Å²) >= 11 is 0. The quantitative estimate of drug-likeness (QED) is 0.787. The van der Waals surface area contributed by atoms with Gasteiger partial charge in [-0.15, -0.1) is 0 Å². The van der Waals surface area contributed by atoms with Gasteiger partial charge in [0, 0.05) is 29.8 Å². The summed E-state index contributed by atoms with van der Waals surface area (Å²) in [5.41, 5.74) is 3.19. The lowest BCUT2D eigenvalue weighted by Crippen LogP contribution is -2.11.